The molecule has 5 heterocycles. The number of allylic oxidation sites excluding steroid dienone is 8. The number of rotatable bonds is 16. The number of fused-ring (bicyclic) bond motifs is 1. The Morgan fingerprint density at radius 3 is 2.54 bits per heavy atom. The predicted octanol–water partition coefficient (Wildman–Crippen LogP) is 9.65. The number of hydrogen-bond donors (Lipinski definition) is 4. The number of aliphatic hydroxyl groups excluding tert-OH is 2. The molecule has 4 N–H and O–H groups in total. The average Bonchev–Trinajstić information content (AvgIpc) is 3.95. The summed E-state index contributed by atoms with van der Waals surface area (Å²) in [4.78, 5) is 58.3. The molecule has 0 saturated carbocycles. The van der Waals surface area contributed by atoms with E-state index in [1.807, 2.05) is 24.3 Å². The predicted molar refractivity (Wildman–Crippen MR) is 284 cm³/mol. The van der Waals surface area contributed by atoms with Crippen LogP contribution in [0.25, 0.3) is 21.9 Å². The Morgan fingerprint density at radius 1 is 1.08 bits per heavy atom. The molecule has 2 unspecified atom stereocenters. The zero-order chi connectivity index (χ0) is 52.1. The van der Waals surface area contributed by atoms with Crippen LogP contribution in [0.15, 0.2) is 122 Å². The van der Waals surface area contributed by atoms with Crippen molar-refractivity contribution in [2.75, 3.05) is 57.3 Å². The second-order valence-electron chi connectivity index (χ2n) is 17.6. The van der Waals surface area contributed by atoms with Crippen molar-refractivity contribution >= 4 is 93.3 Å². The van der Waals surface area contributed by atoms with Gasteiger partial charge in [-0.3, -0.25) is 24.1 Å². The van der Waals surface area contributed by atoms with E-state index in [1.54, 1.807) is 30.0 Å². The van der Waals surface area contributed by atoms with Gasteiger partial charge in [0.15, 0.2) is 23.9 Å². The molecule has 0 radical (unpaired) electrons. The van der Waals surface area contributed by atoms with Gasteiger partial charge in [0.1, 0.15) is 35.5 Å². The Labute approximate surface area is 432 Å². The van der Waals surface area contributed by atoms with Crippen molar-refractivity contribution in [3.8, 4) is 0 Å². The lowest BCUT2D eigenvalue weighted by atomic mass is 9.85. The molecule has 4 aliphatic rings. The van der Waals surface area contributed by atoms with Crippen LogP contribution in [0.1, 0.15) is 79.8 Å². The van der Waals surface area contributed by atoms with Crippen LogP contribution < -0.4 is 20.4 Å². The lowest BCUT2D eigenvalue weighted by Crippen LogP contribution is -2.51. The van der Waals surface area contributed by atoms with Crippen LogP contribution in [0.5, 0.6) is 0 Å². The van der Waals surface area contributed by atoms with E-state index in [0.717, 1.165) is 91.6 Å². The number of anilines is 2. The van der Waals surface area contributed by atoms with Gasteiger partial charge in [-0.15, -0.1) is 6.58 Å². The van der Waals surface area contributed by atoms with Crippen molar-refractivity contribution in [1.82, 2.24) is 19.9 Å². The first kappa shape index (κ1) is 55.6. The normalized spacial score (nSPS) is 22.7. The molecule has 2 amide bonds. The first-order valence-electron chi connectivity index (χ1n) is 23.5. The molecule has 3 aromatic carbocycles. The van der Waals surface area contributed by atoms with E-state index in [9.17, 15) is 19.2 Å². The number of carbonyl (C=O) groups is 4. The standard InChI is InChI=1S/C51H53ClF2N6O6S2.2CH4O/c1-5-6-10-42(48(63)55-4)60-41-15-12-34(35-8-7-9-36(45(35)41)49(60)64)32-17-21-58(22-18-32)50-57-40-27-31(11-16-43(40)66-50)30-68-59-23-19-33(28-51(59,2)3)56-46-38(53)14-13-37(52)47(65-25-24-61)44(29-62)67-26-20-39(46)54;2*1-2/h5,7-9,11-16,20,24,26-27,29,32-33,42,56H,1,6,10,17-19,21-23,25,28,30H2,2-4H3,(H,55,63);2*2H,1H3/b26-20-,37-13-,38-14-,46-39-,47-44+;;. The van der Waals surface area contributed by atoms with E-state index in [-0.39, 0.29) is 57.3 Å². The number of thioether (sulfide) groups is 1. The molecule has 2 fully saturated rings. The maximum Gasteiger partial charge on any atom is 0.298 e. The molecule has 2 atom stereocenters. The van der Waals surface area contributed by atoms with Crippen LogP contribution in [0.4, 0.5) is 20.5 Å². The third-order valence-corrected chi connectivity index (χ3v) is 15.4. The van der Waals surface area contributed by atoms with Crippen molar-refractivity contribution in [1.29, 1.82) is 0 Å². The van der Waals surface area contributed by atoms with Gasteiger partial charge in [-0.1, -0.05) is 65.7 Å². The Bertz CT molecular complexity index is 2800. The number of hydrogen-bond acceptors (Lipinski definition) is 14. The summed E-state index contributed by atoms with van der Waals surface area (Å²) in [5, 5.41) is 23.0. The number of piperidine rings is 2. The number of aldehydes is 2. The highest BCUT2D eigenvalue weighted by molar-refractivity contribution is 8.06. The van der Waals surface area contributed by atoms with Crippen molar-refractivity contribution < 1.29 is 47.3 Å². The number of oxazole rings is 1. The first-order valence-corrected chi connectivity index (χ1v) is 25.7. The minimum Gasteiger partial charge on any atom is -0.483 e. The number of amides is 2. The van der Waals surface area contributed by atoms with Gasteiger partial charge in [0.25, 0.3) is 11.9 Å². The zero-order valence-electron chi connectivity index (χ0n) is 41.0. The number of aliphatic hydroxyl groups is 2. The van der Waals surface area contributed by atoms with Gasteiger partial charge in [0, 0.05) is 69.2 Å². The van der Waals surface area contributed by atoms with E-state index in [2.05, 4.69) is 64.5 Å². The van der Waals surface area contributed by atoms with E-state index in [0.29, 0.717) is 67.7 Å². The molecule has 0 bridgehead atoms. The molecule has 8 rings (SSSR count). The number of carbonyl (C=O) groups excluding carboxylic acids is 4. The monoisotopic (exact) mass is 1050 g/mol. The largest absolute Gasteiger partial charge is 0.483 e. The second-order valence-corrected chi connectivity index (χ2v) is 20.0. The summed E-state index contributed by atoms with van der Waals surface area (Å²) in [6.07, 6.45) is 10.0. The number of ether oxygens (including phenoxy) is 1. The maximum atomic E-state index is 15.6. The Kier molecular flexibility index (Phi) is 19.9. The number of nitrogens with zero attached hydrogens (tertiary/aromatic N) is 4. The molecule has 4 aliphatic heterocycles. The third-order valence-electron chi connectivity index (χ3n) is 12.9. The lowest BCUT2D eigenvalue weighted by Gasteiger charge is -2.45. The van der Waals surface area contributed by atoms with Gasteiger partial charge in [-0.05, 0) is 123 Å². The highest BCUT2D eigenvalue weighted by Gasteiger charge is 2.39. The summed E-state index contributed by atoms with van der Waals surface area (Å²) in [6, 6.07) is 15.8. The minimum absolute atomic E-state index is 0.00295. The van der Waals surface area contributed by atoms with Crippen molar-refractivity contribution in [3.05, 3.63) is 135 Å². The van der Waals surface area contributed by atoms with Crippen LogP contribution >= 0.6 is 35.3 Å². The van der Waals surface area contributed by atoms with Crippen LogP contribution in [0.2, 0.25) is 0 Å². The summed E-state index contributed by atoms with van der Waals surface area (Å²) < 4.78 is 45.1. The lowest BCUT2D eigenvalue weighted by molar-refractivity contribution is -0.122. The highest BCUT2D eigenvalue weighted by Crippen LogP contribution is 2.45. The first-order chi connectivity index (χ1) is 34.8. The molecule has 0 spiro atoms. The Morgan fingerprint density at radius 2 is 1.85 bits per heavy atom. The second kappa shape index (κ2) is 25.8. The summed E-state index contributed by atoms with van der Waals surface area (Å²) in [5.74, 6) is -1.24. The van der Waals surface area contributed by atoms with Crippen LogP contribution in [-0.2, 0) is 24.9 Å². The van der Waals surface area contributed by atoms with Crippen molar-refractivity contribution in [3.63, 3.8) is 0 Å². The molecular weight excluding hydrogens is 986 g/mol. The summed E-state index contributed by atoms with van der Waals surface area (Å²) in [5.41, 5.74) is 4.53. The number of nitrogens with one attached hydrogen (secondary N) is 2. The zero-order valence-corrected chi connectivity index (χ0v) is 43.3. The molecule has 384 valence electrons. The van der Waals surface area contributed by atoms with Crippen LogP contribution in [-0.4, -0.2) is 109 Å². The Hall–Kier alpha value is -5.76. The molecule has 2 saturated heterocycles. The van der Waals surface area contributed by atoms with Gasteiger partial charge in [0.2, 0.25) is 5.91 Å². The number of halogens is 3. The van der Waals surface area contributed by atoms with E-state index >= 15 is 8.78 Å². The highest BCUT2D eigenvalue weighted by atomic mass is 35.5. The van der Waals surface area contributed by atoms with Crippen molar-refractivity contribution in [2.45, 2.75) is 81.7 Å². The number of likely N-dealkylation sites (N-methyl/N-ethyl adjacent to an activating group) is 1. The summed E-state index contributed by atoms with van der Waals surface area (Å²) >= 11 is 8.88. The molecule has 72 heavy (non-hydrogen) atoms. The van der Waals surface area contributed by atoms with Crippen LogP contribution in [0, 0.1) is 0 Å². The maximum absolute atomic E-state index is 15.6. The number of aromatic nitrogens is 1. The molecule has 4 aromatic rings. The fourth-order valence-corrected chi connectivity index (χ4v) is 11.6. The van der Waals surface area contributed by atoms with Crippen LogP contribution in [0.3, 0.4) is 0 Å². The molecule has 14 nitrogen and oxygen atoms in total. The van der Waals surface area contributed by atoms with E-state index < -0.39 is 17.7 Å². The minimum atomic E-state index is -0.889. The topological polar surface area (TPSA) is 178 Å². The van der Waals surface area contributed by atoms with E-state index in [1.165, 1.54) is 17.0 Å². The van der Waals surface area contributed by atoms with Gasteiger partial charge in [0.05, 0.1) is 15.6 Å². The molecule has 1 aromatic heterocycles. The van der Waals surface area contributed by atoms with Gasteiger partial charge in [-0.2, -0.15) is 4.98 Å². The quantitative estimate of drug-likeness (QED) is 0.0474. The summed E-state index contributed by atoms with van der Waals surface area (Å²) in [7, 11) is 3.60. The number of benzene rings is 3. The van der Waals surface area contributed by atoms with Crippen molar-refractivity contribution in [2.24, 2.45) is 0 Å². The van der Waals surface area contributed by atoms with Gasteiger partial charge in [-0.25, -0.2) is 13.1 Å². The van der Waals surface area contributed by atoms with Gasteiger partial charge < -0.3 is 34.9 Å². The SMILES string of the molecule is C=CCCC(C(=O)NC)N1C(=O)c2cccc3c(C4CCN(c5nc6cc(CSN7CCC(NC8=C(F)/C=C\S/C(C=O)=C(OCC=O)\C(Cl)=C\C=C\8F)CC7(C)C)ccc6o5)CC4)ccc1c23.CO.CO. The summed E-state index contributed by atoms with van der Waals surface area (Å²) in [6.45, 7) is 9.84. The third kappa shape index (κ3) is 12.3. The molecular formula is C53H61ClF2N6O8S2. The van der Waals surface area contributed by atoms with Gasteiger partial charge >= 0.3 is 0 Å². The average molecular weight is 1050 g/mol. The molecule has 19 heteroatoms. The fourth-order valence-electron chi connectivity index (χ4n) is 9.50. The fraction of sp³-hybridized carbons (Fsp3) is 0.377. The smallest absolute Gasteiger partial charge is 0.298 e. The van der Waals surface area contributed by atoms with E-state index in [4.69, 9.17) is 36.0 Å². The Balaban J connectivity index is 0.00000207. The molecule has 0 aliphatic carbocycles.